The van der Waals surface area contributed by atoms with Crippen molar-refractivity contribution in [2.45, 2.75) is 6.54 Å². The third-order valence-electron chi connectivity index (χ3n) is 5.33. The van der Waals surface area contributed by atoms with Gasteiger partial charge in [0, 0.05) is 11.1 Å². The highest BCUT2D eigenvalue weighted by atomic mass is 35.5. The number of rotatable bonds is 4. The van der Waals surface area contributed by atoms with Gasteiger partial charge in [0.05, 0.1) is 39.5 Å². The molecule has 10 nitrogen and oxygen atoms in total. The molecule has 3 aromatic heterocycles. The fourth-order valence-corrected chi connectivity index (χ4v) is 4.60. The first-order valence-corrected chi connectivity index (χ1v) is 11.3. The van der Waals surface area contributed by atoms with Crippen LogP contribution in [0, 0.1) is 6.57 Å². The van der Waals surface area contributed by atoms with Crippen molar-refractivity contribution in [2.24, 2.45) is 0 Å². The Balaban J connectivity index is 1.64. The standard InChI is InChI=1S/C23H12Cl3N7O3/c1-27-21-22(35)29-23(36)32(30-21)14-8-15(25)20(16(26)9-14)33-17-5-6-19(34)31(18(17)10-28-33)11-12-3-2-4-13(24)7-12/h2-10H,11H2,(H,29,35,36). The van der Waals surface area contributed by atoms with Gasteiger partial charge < -0.3 is 9.41 Å². The lowest BCUT2D eigenvalue weighted by Gasteiger charge is -2.12. The Morgan fingerprint density at radius 2 is 1.69 bits per heavy atom. The second-order valence-corrected chi connectivity index (χ2v) is 8.83. The summed E-state index contributed by atoms with van der Waals surface area (Å²) in [5.74, 6) is -0.512. The summed E-state index contributed by atoms with van der Waals surface area (Å²) in [7, 11) is 0. The minimum absolute atomic E-state index is 0.111. The molecule has 2 aromatic carbocycles. The second-order valence-electron chi connectivity index (χ2n) is 7.58. The van der Waals surface area contributed by atoms with Crippen LogP contribution < -0.4 is 16.8 Å². The predicted molar refractivity (Wildman–Crippen MR) is 136 cm³/mol. The lowest BCUT2D eigenvalue weighted by molar-refractivity contribution is 0.761. The van der Waals surface area contributed by atoms with Crippen molar-refractivity contribution in [3.63, 3.8) is 0 Å². The number of hydrogen-bond donors (Lipinski definition) is 1. The molecular weight excluding hydrogens is 529 g/mol. The van der Waals surface area contributed by atoms with Gasteiger partial charge in [0.2, 0.25) is 0 Å². The Morgan fingerprint density at radius 3 is 2.39 bits per heavy atom. The predicted octanol–water partition coefficient (Wildman–Crippen LogP) is 3.98. The fraction of sp³-hybridized carbons (Fsp3) is 0.0435. The zero-order valence-electron chi connectivity index (χ0n) is 17.9. The molecule has 0 radical (unpaired) electrons. The van der Waals surface area contributed by atoms with E-state index < -0.39 is 17.1 Å². The van der Waals surface area contributed by atoms with Crippen molar-refractivity contribution in [3.05, 3.63) is 118 Å². The van der Waals surface area contributed by atoms with Crippen LogP contribution in [0.2, 0.25) is 15.1 Å². The highest BCUT2D eigenvalue weighted by Crippen LogP contribution is 2.33. The Kier molecular flexibility index (Phi) is 5.97. The van der Waals surface area contributed by atoms with E-state index in [1.807, 2.05) is 11.1 Å². The van der Waals surface area contributed by atoms with Gasteiger partial charge in [-0.15, -0.1) is 4.68 Å². The van der Waals surface area contributed by atoms with Gasteiger partial charge in [0.1, 0.15) is 5.69 Å². The molecule has 178 valence electrons. The number of nitrogens with zero attached hydrogens (tertiary/aromatic N) is 6. The molecule has 0 aliphatic carbocycles. The summed E-state index contributed by atoms with van der Waals surface area (Å²) in [4.78, 5) is 41.6. The molecule has 36 heavy (non-hydrogen) atoms. The van der Waals surface area contributed by atoms with Gasteiger partial charge in [-0.05, 0) is 41.0 Å². The van der Waals surface area contributed by atoms with Crippen molar-refractivity contribution in [1.82, 2.24) is 29.1 Å². The van der Waals surface area contributed by atoms with E-state index in [-0.39, 0.29) is 27.8 Å². The molecule has 0 saturated heterocycles. The van der Waals surface area contributed by atoms with Crippen molar-refractivity contribution >= 4 is 51.7 Å². The first-order valence-electron chi connectivity index (χ1n) is 10.2. The van der Waals surface area contributed by atoms with Crippen molar-refractivity contribution in [2.75, 3.05) is 0 Å². The maximum Gasteiger partial charge on any atom is 0.365 e. The molecule has 0 fully saturated rings. The number of hydrogen-bond acceptors (Lipinski definition) is 5. The molecule has 0 saturated carbocycles. The van der Waals surface area contributed by atoms with Gasteiger partial charge in [-0.3, -0.25) is 14.6 Å². The minimum Gasteiger partial charge on any atom is -0.354 e. The third kappa shape index (κ3) is 4.09. The first kappa shape index (κ1) is 23.6. The smallest absolute Gasteiger partial charge is 0.354 e. The Bertz CT molecular complexity index is 1870. The molecule has 0 aliphatic rings. The van der Waals surface area contributed by atoms with E-state index in [9.17, 15) is 14.4 Å². The molecular formula is C23H12Cl3N7O3. The van der Waals surface area contributed by atoms with E-state index in [2.05, 4.69) is 15.0 Å². The summed E-state index contributed by atoms with van der Waals surface area (Å²) < 4.78 is 3.85. The quantitative estimate of drug-likeness (QED) is 0.347. The average molecular weight is 541 g/mol. The Hall–Kier alpha value is -4.17. The molecule has 0 unspecified atom stereocenters. The van der Waals surface area contributed by atoms with Crippen LogP contribution in [0.3, 0.4) is 0 Å². The number of H-pyrrole nitrogens is 1. The zero-order valence-corrected chi connectivity index (χ0v) is 20.2. The van der Waals surface area contributed by atoms with E-state index in [4.69, 9.17) is 41.4 Å². The Morgan fingerprint density at radius 1 is 0.944 bits per heavy atom. The van der Waals surface area contributed by atoms with Crippen molar-refractivity contribution in [3.8, 4) is 11.4 Å². The average Bonchev–Trinajstić information content (AvgIpc) is 3.24. The normalized spacial score (nSPS) is 11.1. The van der Waals surface area contributed by atoms with Gasteiger partial charge in [0.15, 0.2) is 0 Å². The molecule has 0 spiro atoms. The summed E-state index contributed by atoms with van der Waals surface area (Å²) in [6, 6.07) is 13.0. The van der Waals surface area contributed by atoms with E-state index in [0.717, 1.165) is 10.2 Å². The molecule has 5 aromatic rings. The number of pyridine rings is 1. The summed E-state index contributed by atoms with van der Waals surface area (Å²) in [5, 5.41) is 8.95. The summed E-state index contributed by atoms with van der Waals surface area (Å²) in [5.41, 5.74) is 0.384. The monoisotopic (exact) mass is 539 g/mol. The molecule has 3 heterocycles. The number of aromatic amines is 1. The van der Waals surface area contributed by atoms with Gasteiger partial charge in [0.25, 0.3) is 11.1 Å². The molecule has 0 aliphatic heterocycles. The number of aromatic nitrogens is 6. The fourth-order valence-electron chi connectivity index (χ4n) is 3.75. The van der Waals surface area contributed by atoms with Crippen LogP contribution in [0.1, 0.15) is 5.56 Å². The van der Waals surface area contributed by atoms with Gasteiger partial charge >= 0.3 is 11.5 Å². The van der Waals surface area contributed by atoms with Crippen LogP contribution in [0.15, 0.2) is 69.1 Å². The van der Waals surface area contributed by atoms with Crippen LogP contribution >= 0.6 is 34.8 Å². The summed E-state index contributed by atoms with van der Waals surface area (Å²) in [6.45, 7) is 7.32. The molecule has 0 bridgehead atoms. The maximum atomic E-state index is 12.7. The lowest BCUT2D eigenvalue weighted by atomic mass is 10.2. The van der Waals surface area contributed by atoms with Crippen LogP contribution in [0.5, 0.6) is 0 Å². The largest absolute Gasteiger partial charge is 0.365 e. The van der Waals surface area contributed by atoms with E-state index >= 15 is 0 Å². The summed E-state index contributed by atoms with van der Waals surface area (Å²) >= 11 is 19.2. The summed E-state index contributed by atoms with van der Waals surface area (Å²) in [6.07, 6.45) is 1.53. The number of benzene rings is 2. The van der Waals surface area contributed by atoms with Crippen LogP contribution in [-0.2, 0) is 6.54 Å². The topological polar surface area (TPSA) is 112 Å². The molecule has 1 N–H and O–H groups in total. The van der Waals surface area contributed by atoms with Crippen LogP contribution in [-0.4, -0.2) is 29.1 Å². The number of nitrogens with one attached hydrogen (secondary N) is 1. The number of fused-ring (bicyclic) bond motifs is 1. The number of halogens is 3. The van der Waals surface area contributed by atoms with E-state index in [1.54, 1.807) is 28.8 Å². The van der Waals surface area contributed by atoms with Gasteiger partial charge in [-0.2, -0.15) is 5.10 Å². The van der Waals surface area contributed by atoms with Gasteiger partial charge in [-0.25, -0.2) is 9.48 Å². The lowest BCUT2D eigenvalue weighted by Crippen LogP contribution is -2.30. The highest BCUT2D eigenvalue weighted by molar-refractivity contribution is 6.38. The molecule has 5 rings (SSSR count). The zero-order chi connectivity index (χ0) is 25.6. The van der Waals surface area contributed by atoms with E-state index in [1.165, 1.54) is 29.1 Å². The highest BCUT2D eigenvalue weighted by Gasteiger charge is 2.19. The first-order chi connectivity index (χ1) is 17.3. The van der Waals surface area contributed by atoms with Crippen molar-refractivity contribution in [1.29, 1.82) is 0 Å². The third-order valence-corrected chi connectivity index (χ3v) is 6.14. The molecule has 0 atom stereocenters. The van der Waals surface area contributed by atoms with Crippen LogP contribution in [0.25, 0.3) is 27.3 Å². The van der Waals surface area contributed by atoms with Crippen molar-refractivity contribution < 1.29 is 0 Å². The van der Waals surface area contributed by atoms with E-state index in [0.29, 0.717) is 21.7 Å². The molecule has 0 amide bonds. The minimum atomic E-state index is -0.896. The van der Waals surface area contributed by atoms with Crippen LogP contribution in [0.4, 0.5) is 5.82 Å². The second kappa shape index (κ2) is 9.13. The van der Waals surface area contributed by atoms with Gasteiger partial charge in [-0.1, -0.05) is 53.5 Å². The maximum absolute atomic E-state index is 12.7. The SMILES string of the molecule is [C-]#[N+]c1nn(-c2cc(Cl)c(-n3ncc4c3ccc(=O)n4Cc3cccc(Cl)c3)c(Cl)c2)c(=O)[nH]c1=O. The molecule has 13 heteroatoms. The Labute approximate surface area is 216 Å².